The van der Waals surface area contributed by atoms with Crippen LogP contribution in [0.4, 0.5) is 0 Å². The second-order valence-corrected chi connectivity index (χ2v) is 6.83. The minimum absolute atomic E-state index is 0.200. The molecule has 1 aromatic heterocycles. The van der Waals surface area contributed by atoms with Crippen LogP contribution in [0.5, 0.6) is 0 Å². The highest BCUT2D eigenvalue weighted by atomic mass is 16.5. The maximum atomic E-state index is 11.3. The molecule has 0 radical (unpaired) electrons. The lowest BCUT2D eigenvalue weighted by Gasteiger charge is -2.32. The molecule has 2 atom stereocenters. The predicted molar refractivity (Wildman–Crippen MR) is 73.7 cm³/mol. The van der Waals surface area contributed by atoms with E-state index >= 15 is 0 Å². The summed E-state index contributed by atoms with van der Waals surface area (Å²) < 4.78 is 11.1. The van der Waals surface area contributed by atoms with Crippen LogP contribution in [0.3, 0.4) is 0 Å². The molecular weight excluding hydrogens is 272 g/mol. The average Bonchev–Trinajstić information content (AvgIpc) is 2.84. The third-order valence-corrected chi connectivity index (χ3v) is 5.26. The van der Waals surface area contributed by atoms with Gasteiger partial charge in [-0.25, -0.2) is 0 Å². The number of hydrogen-bond donors (Lipinski definition) is 1. The molecule has 0 bridgehead atoms. The third kappa shape index (κ3) is 2.16. The Morgan fingerprint density at radius 2 is 2.00 bits per heavy atom. The first kappa shape index (κ1) is 14.5. The van der Waals surface area contributed by atoms with Crippen LogP contribution in [0.15, 0.2) is 4.52 Å². The Kier molecular flexibility index (Phi) is 3.31. The Labute approximate surface area is 123 Å². The van der Waals surface area contributed by atoms with Gasteiger partial charge in [0.15, 0.2) is 0 Å². The number of carboxylic acid groups (broad SMARTS) is 1. The van der Waals surface area contributed by atoms with Crippen molar-refractivity contribution in [2.75, 3.05) is 7.11 Å². The summed E-state index contributed by atoms with van der Waals surface area (Å²) in [5.74, 6) is -0.441. The molecule has 0 amide bonds. The number of methoxy groups -OCH3 is 1. The van der Waals surface area contributed by atoms with Crippen molar-refractivity contribution in [3.63, 3.8) is 0 Å². The van der Waals surface area contributed by atoms with Gasteiger partial charge in [-0.3, -0.25) is 4.79 Å². The van der Waals surface area contributed by atoms with Gasteiger partial charge >= 0.3 is 5.97 Å². The maximum absolute atomic E-state index is 11.3. The van der Waals surface area contributed by atoms with Crippen LogP contribution in [0, 0.1) is 11.3 Å². The van der Waals surface area contributed by atoms with E-state index in [4.69, 9.17) is 9.26 Å². The molecule has 2 aliphatic carbocycles. The molecule has 1 aromatic rings. The van der Waals surface area contributed by atoms with Crippen LogP contribution in [0.2, 0.25) is 0 Å². The molecule has 0 spiro atoms. The summed E-state index contributed by atoms with van der Waals surface area (Å²) in [6.45, 7) is 3.85. The molecule has 116 valence electrons. The largest absolute Gasteiger partial charge is 0.481 e. The van der Waals surface area contributed by atoms with Gasteiger partial charge in [0, 0.05) is 7.11 Å². The van der Waals surface area contributed by atoms with Crippen molar-refractivity contribution >= 4 is 5.97 Å². The Morgan fingerprint density at radius 3 is 2.52 bits per heavy atom. The van der Waals surface area contributed by atoms with E-state index in [2.05, 4.69) is 10.1 Å². The minimum Gasteiger partial charge on any atom is -0.481 e. The fourth-order valence-corrected chi connectivity index (χ4v) is 3.75. The highest BCUT2D eigenvalue weighted by Crippen LogP contribution is 2.64. The van der Waals surface area contributed by atoms with Gasteiger partial charge in [-0.1, -0.05) is 38.3 Å². The summed E-state index contributed by atoms with van der Waals surface area (Å²) in [5, 5.41) is 13.4. The lowest BCUT2D eigenvalue weighted by molar-refractivity contribution is -0.139. The van der Waals surface area contributed by atoms with E-state index in [1.807, 2.05) is 13.8 Å². The van der Waals surface area contributed by atoms with Crippen molar-refractivity contribution in [1.82, 2.24) is 10.1 Å². The zero-order valence-electron chi connectivity index (χ0n) is 12.8. The van der Waals surface area contributed by atoms with Crippen molar-refractivity contribution in [1.29, 1.82) is 0 Å². The van der Waals surface area contributed by atoms with Crippen molar-refractivity contribution < 1.29 is 19.2 Å². The topological polar surface area (TPSA) is 85.5 Å². The predicted octanol–water partition coefficient (Wildman–Crippen LogP) is 2.70. The van der Waals surface area contributed by atoms with Gasteiger partial charge in [0.25, 0.3) is 0 Å². The van der Waals surface area contributed by atoms with Crippen LogP contribution in [-0.2, 0) is 15.1 Å². The molecule has 2 saturated carbocycles. The summed E-state index contributed by atoms with van der Waals surface area (Å²) in [6, 6.07) is 0. The molecule has 6 nitrogen and oxygen atoms in total. The van der Waals surface area contributed by atoms with Crippen molar-refractivity contribution in [3.8, 4) is 0 Å². The fourth-order valence-electron chi connectivity index (χ4n) is 3.75. The summed E-state index contributed by atoms with van der Waals surface area (Å²) in [7, 11) is 1.68. The number of rotatable bonds is 4. The van der Waals surface area contributed by atoms with Crippen LogP contribution in [-0.4, -0.2) is 28.3 Å². The first-order chi connectivity index (χ1) is 9.92. The number of carbonyl (C=O) groups is 1. The number of aliphatic carboxylic acids is 1. The third-order valence-electron chi connectivity index (χ3n) is 5.26. The van der Waals surface area contributed by atoms with Crippen LogP contribution < -0.4 is 0 Å². The lowest BCUT2D eigenvalue weighted by Crippen LogP contribution is -2.32. The molecule has 1 N–H and O–H groups in total. The number of ether oxygens (including phenoxy) is 1. The van der Waals surface area contributed by atoms with Crippen LogP contribution in [0.25, 0.3) is 0 Å². The smallest absolute Gasteiger partial charge is 0.307 e. The van der Waals surface area contributed by atoms with E-state index in [0.717, 1.165) is 25.7 Å². The molecule has 2 unspecified atom stereocenters. The Balaban J connectivity index is 1.86. The Bertz CT molecular complexity index is 546. The molecule has 0 aliphatic heterocycles. The molecule has 1 heterocycles. The van der Waals surface area contributed by atoms with E-state index < -0.39 is 17.5 Å². The van der Waals surface area contributed by atoms with E-state index in [1.165, 1.54) is 6.42 Å². The summed E-state index contributed by atoms with van der Waals surface area (Å²) in [5.41, 5.74) is -0.791. The standard InChI is InChI=1S/C15H22N2O4/c1-14(2)9(10(14)12(18)19)11-16-13(17-21-11)15(20-3)7-5-4-6-8-15/h9-10H,4-8H2,1-3H3,(H,18,19). The van der Waals surface area contributed by atoms with Gasteiger partial charge in [-0.15, -0.1) is 0 Å². The Hall–Kier alpha value is -1.43. The van der Waals surface area contributed by atoms with Crippen molar-refractivity contribution in [2.45, 2.75) is 57.5 Å². The number of nitrogens with zero attached hydrogens (tertiary/aromatic N) is 2. The summed E-state index contributed by atoms with van der Waals surface area (Å²) >= 11 is 0. The highest BCUT2D eigenvalue weighted by Gasteiger charge is 2.65. The molecule has 2 aliphatic rings. The molecule has 2 fully saturated rings. The molecule has 3 rings (SSSR count). The molecular formula is C15H22N2O4. The van der Waals surface area contributed by atoms with Gasteiger partial charge in [0.2, 0.25) is 11.7 Å². The second kappa shape index (κ2) is 4.80. The minimum atomic E-state index is -0.802. The van der Waals surface area contributed by atoms with Crippen molar-refractivity contribution in [3.05, 3.63) is 11.7 Å². The van der Waals surface area contributed by atoms with Gasteiger partial charge in [0.1, 0.15) is 5.60 Å². The normalized spacial score (nSPS) is 30.0. The van der Waals surface area contributed by atoms with Gasteiger partial charge in [0.05, 0.1) is 11.8 Å². The quantitative estimate of drug-likeness (QED) is 0.919. The summed E-state index contributed by atoms with van der Waals surface area (Å²) in [4.78, 5) is 15.8. The molecule has 0 aromatic carbocycles. The van der Waals surface area contributed by atoms with Crippen LogP contribution >= 0.6 is 0 Å². The van der Waals surface area contributed by atoms with E-state index in [1.54, 1.807) is 7.11 Å². The van der Waals surface area contributed by atoms with E-state index in [-0.39, 0.29) is 11.3 Å². The summed E-state index contributed by atoms with van der Waals surface area (Å²) in [6.07, 6.45) is 5.15. The zero-order chi connectivity index (χ0) is 15.3. The van der Waals surface area contributed by atoms with Gasteiger partial charge in [-0.2, -0.15) is 4.98 Å². The number of aromatic nitrogens is 2. The molecule has 21 heavy (non-hydrogen) atoms. The SMILES string of the molecule is COC1(c2noc(C3C(C(=O)O)C3(C)C)n2)CCCCC1. The first-order valence-electron chi connectivity index (χ1n) is 7.54. The fraction of sp³-hybridized carbons (Fsp3) is 0.800. The average molecular weight is 294 g/mol. The van der Waals surface area contributed by atoms with E-state index in [9.17, 15) is 9.90 Å². The maximum Gasteiger partial charge on any atom is 0.307 e. The number of carboxylic acids is 1. The number of hydrogen-bond acceptors (Lipinski definition) is 5. The van der Waals surface area contributed by atoms with E-state index in [0.29, 0.717) is 11.7 Å². The molecule has 6 heteroatoms. The van der Waals surface area contributed by atoms with Crippen molar-refractivity contribution in [2.24, 2.45) is 11.3 Å². The molecule has 0 saturated heterocycles. The van der Waals surface area contributed by atoms with Gasteiger partial charge < -0.3 is 14.4 Å². The second-order valence-electron chi connectivity index (χ2n) is 6.83. The highest BCUT2D eigenvalue weighted by molar-refractivity contribution is 5.77. The van der Waals surface area contributed by atoms with Gasteiger partial charge in [-0.05, 0) is 18.3 Å². The monoisotopic (exact) mass is 294 g/mol. The zero-order valence-corrected chi connectivity index (χ0v) is 12.8. The first-order valence-corrected chi connectivity index (χ1v) is 7.54. The Morgan fingerprint density at radius 1 is 1.33 bits per heavy atom. The van der Waals surface area contributed by atoms with Crippen LogP contribution in [0.1, 0.15) is 63.6 Å². The lowest BCUT2D eigenvalue weighted by atomic mass is 9.84.